The van der Waals surface area contributed by atoms with Gasteiger partial charge in [-0.1, -0.05) is 32.2 Å². The van der Waals surface area contributed by atoms with Gasteiger partial charge in [-0.2, -0.15) is 0 Å². The fourth-order valence-electron chi connectivity index (χ4n) is 0.941. The van der Waals surface area contributed by atoms with Crippen molar-refractivity contribution >= 4 is 28.9 Å². The van der Waals surface area contributed by atoms with Crippen molar-refractivity contribution in [3.8, 4) is 0 Å². The zero-order valence-electron chi connectivity index (χ0n) is 7.02. The van der Waals surface area contributed by atoms with Gasteiger partial charge in [0.15, 0.2) is 0 Å². The van der Waals surface area contributed by atoms with E-state index in [9.17, 15) is 0 Å². The molecule has 0 spiro atoms. The Labute approximate surface area is 77.3 Å². The van der Waals surface area contributed by atoms with Crippen molar-refractivity contribution in [2.24, 2.45) is 5.92 Å². The van der Waals surface area contributed by atoms with Crippen LogP contribution < -0.4 is 0 Å². The molecule has 0 fully saturated rings. The van der Waals surface area contributed by atoms with Gasteiger partial charge in [-0.3, -0.25) is 0 Å². The molecule has 0 aliphatic heterocycles. The Morgan fingerprint density at radius 2 is 1.82 bits per heavy atom. The molecule has 0 amide bonds. The van der Waals surface area contributed by atoms with Gasteiger partial charge in [-0.25, -0.2) is 0 Å². The second-order valence-corrected chi connectivity index (χ2v) is 9.41. The van der Waals surface area contributed by atoms with Gasteiger partial charge in [0.1, 0.15) is 0 Å². The lowest BCUT2D eigenvalue weighted by atomic mass is 10.1. The molecule has 1 unspecified atom stereocenters. The summed E-state index contributed by atoms with van der Waals surface area (Å²) in [6, 6.07) is 0. The second kappa shape index (κ2) is 4.83. The molecule has 0 bridgehead atoms. The quantitative estimate of drug-likeness (QED) is 0.705. The maximum Gasteiger partial charge on any atom is 0.242 e. The van der Waals surface area contributed by atoms with Gasteiger partial charge in [0.2, 0.25) is 5.69 Å². The van der Waals surface area contributed by atoms with Crippen LogP contribution in [-0.2, 0) is 11.8 Å². The van der Waals surface area contributed by atoms with Crippen molar-refractivity contribution in [1.82, 2.24) is 0 Å². The van der Waals surface area contributed by atoms with E-state index < -0.39 is 5.69 Å². The first-order valence-electron chi connectivity index (χ1n) is 3.55. The van der Waals surface area contributed by atoms with Gasteiger partial charge in [-0.05, 0) is 24.1 Å². The highest BCUT2D eigenvalue weighted by Gasteiger charge is 2.15. The van der Waals surface area contributed by atoms with E-state index in [-0.39, 0.29) is 5.25 Å². The van der Waals surface area contributed by atoms with Crippen LogP contribution in [0.1, 0.15) is 27.2 Å². The molecule has 0 saturated heterocycles. The average Bonchev–Trinajstić information content (AvgIpc) is 1.53. The third-order valence-electron chi connectivity index (χ3n) is 1.12. The van der Waals surface area contributed by atoms with Crippen LogP contribution in [0, 0.1) is 5.92 Å². The largest absolute Gasteiger partial charge is 0.338 e. The molecule has 68 valence electrons. The van der Waals surface area contributed by atoms with Gasteiger partial charge in [0.25, 0.3) is 0 Å². The Bertz CT molecular complexity index is 155. The molecule has 0 aromatic heterocycles. The number of hydrogen-bond acceptors (Lipinski definition) is 2. The third-order valence-corrected chi connectivity index (χ3v) is 4.63. The molecule has 2 N–H and O–H groups in total. The molecule has 11 heavy (non-hydrogen) atoms. The highest BCUT2D eigenvalue weighted by atomic mass is 32.9. The van der Waals surface area contributed by atoms with Crippen LogP contribution in [0.4, 0.5) is 0 Å². The third kappa shape index (κ3) is 8.83. The summed E-state index contributed by atoms with van der Waals surface area (Å²) in [4.78, 5) is 17.9. The van der Waals surface area contributed by atoms with E-state index in [1.54, 1.807) is 0 Å². The van der Waals surface area contributed by atoms with Crippen molar-refractivity contribution in [3.05, 3.63) is 0 Å². The molecule has 0 aromatic carbocycles. The van der Waals surface area contributed by atoms with E-state index in [1.807, 2.05) is 6.92 Å². The van der Waals surface area contributed by atoms with E-state index in [4.69, 9.17) is 9.79 Å². The van der Waals surface area contributed by atoms with Crippen molar-refractivity contribution < 1.29 is 9.79 Å². The monoisotopic (exact) mass is 214 g/mol. The first-order chi connectivity index (χ1) is 4.81. The molecule has 0 rings (SSSR count). The average molecular weight is 214 g/mol. The summed E-state index contributed by atoms with van der Waals surface area (Å²) in [5.74, 6) is 0.582. The van der Waals surface area contributed by atoms with Crippen molar-refractivity contribution in [3.63, 3.8) is 0 Å². The first-order valence-corrected chi connectivity index (χ1v) is 7.74. The smallest absolute Gasteiger partial charge is 0.242 e. The maximum atomic E-state index is 8.95. The van der Waals surface area contributed by atoms with Gasteiger partial charge >= 0.3 is 0 Å². The predicted octanol–water partition coefficient (Wildman–Crippen LogP) is 2.36. The van der Waals surface area contributed by atoms with Crippen LogP contribution in [0.2, 0.25) is 0 Å². The fourth-order valence-corrected chi connectivity index (χ4v) is 4.87. The van der Waals surface area contributed by atoms with E-state index in [0.29, 0.717) is 5.92 Å². The van der Waals surface area contributed by atoms with Crippen molar-refractivity contribution in [2.45, 2.75) is 32.4 Å². The topological polar surface area (TPSA) is 40.5 Å². The molecule has 0 heterocycles. The van der Waals surface area contributed by atoms with E-state index in [2.05, 4.69) is 25.7 Å². The lowest BCUT2D eigenvalue weighted by molar-refractivity contribution is 0.501. The molecule has 5 heteroatoms. The summed E-state index contributed by atoms with van der Waals surface area (Å²) >= 11 is 5.62. The molecule has 2 nitrogen and oxygen atoms in total. The Hall–Kier alpha value is 0.920. The summed E-state index contributed by atoms with van der Waals surface area (Å²) in [5, 5.41) is 0.246. The maximum absolute atomic E-state index is 8.95. The minimum absolute atomic E-state index is 0.246. The SMILES string of the molecule is CC(C)CC(C)SP(O)(O)=S. The Morgan fingerprint density at radius 1 is 1.36 bits per heavy atom. The molecule has 1 atom stereocenters. The zero-order chi connectivity index (χ0) is 9.07. The standard InChI is InChI=1S/C6H15O2PS2/c1-5(2)4-6(3)11-9(7,8)10/h5-6H,4H2,1-3H3,(H2,7,8,10). The normalized spacial score (nSPS) is 15.5. The Kier molecular flexibility index (Phi) is 5.23. The molecule has 0 radical (unpaired) electrons. The summed E-state index contributed by atoms with van der Waals surface area (Å²) in [6.07, 6.45) is 0.976. The van der Waals surface area contributed by atoms with E-state index >= 15 is 0 Å². The van der Waals surface area contributed by atoms with Crippen LogP contribution >= 0.6 is 17.1 Å². The van der Waals surface area contributed by atoms with Gasteiger partial charge in [0, 0.05) is 5.25 Å². The van der Waals surface area contributed by atoms with Crippen LogP contribution in [0.3, 0.4) is 0 Å². The van der Waals surface area contributed by atoms with Crippen molar-refractivity contribution in [2.75, 3.05) is 0 Å². The minimum atomic E-state index is -3.03. The van der Waals surface area contributed by atoms with Crippen molar-refractivity contribution in [1.29, 1.82) is 0 Å². The number of hydrogen-bond donors (Lipinski definition) is 2. The zero-order valence-corrected chi connectivity index (χ0v) is 9.55. The van der Waals surface area contributed by atoms with Gasteiger partial charge in [0.05, 0.1) is 0 Å². The fraction of sp³-hybridized carbons (Fsp3) is 1.00. The minimum Gasteiger partial charge on any atom is -0.338 e. The summed E-state index contributed by atoms with van der Waals surface area (Å²) in [5.41, 5.74) is -3.03. The molecule has 0 aliphatic carbocycles. The summed E-state index contributed by atoms with van der Waals surface area (Å²) < 4.78 is 0. The number of rotatable bonds is 4. The van der Waals surface area contributed by atoms with Gasteiger partial charge < -0.3 is 9.79 Å². The molecule has 0 saturated carbocycles. The van der Waals surface area contributed by atoms with E-state index in [0.717, 1.165) is 17.8 Å². The van der Waals surface area contributed by atoms with Crippen LogP contribution in [0.5, 0.6) is 0 Å². The molecular formula is C6H15O2PS2. The Balaban J connectivity index is 3.70. The molecule has 0 aliphatic rings. The summed E-state index contributed by atoms with van der Waals surface area (Å²) in [6.45, 7) is 6.18. The van der Waals surface area contributed by atoms with E-state index in [1.165, 1.54) is 0 Å². The lowest BCUT2D eigenvalue weighted by Crippen LogP contribution is -2.00. The van der Waals surface area contributed by atoms with Crippen LogP contribution in [-0.4, -0.2) is 15.0 Å². The predicted molar refractivity (Wildman–Crippen MR) is 55.2 cm³/mol. The summed E-state index contributed by atoms with van der Waals surface area (Å²) in [7, 11) is 0. The van der Waals surface area contributed by atoms with Crippen LogP contribution in [0.15, 0.2) is 0 Å². The Morgan fingerprint density at radius 3 is 2.09 bits per heavy atom. The lowest BCUT2D eigenvalue weighted by Gasteiger charge is -2.15. The second-order valence-electron chi connectivity index (χ2n) is 3.04. The van der Waals surface area contributed by atoms with Crippen LogP contribution in [0.25, 0.3) is 0 Å². The van der Waals surface area contributed by atoms with Gasteiger partial charge in [-0.15, -0.1) is 0 Å². The highest BCUT2D eigenvalue weighted by molar-refractivity contribution is 8.67. The molecule has 0 aromatic rings. The first kappa shape index (κ1) is 11.9. The molecular weight excluding hydrogens is 199 g/mol. The highest BCUT2D eigenvalue weighted by Crippen LogP contribution is 2.53.